The number of fused-ring (bicyclic) bond motifs is 2. The Morgan fingerprint density at radius 3 is 3.18 bits per heavy atom. The molecule has 2 aliphatic rings. The number of amides is 1. The van der Waals surface area contributed by atoms with Crippen LogP contribution in [0, 0.1) is 0 Å². The van der Waals surface area contributed by atoms with Crippen molar-refractivity contribution in [3.8, 4) is 0 Å². The smallest absolute Gasteiger partial charge is 0.252 e. The predicted molar refractivity (Wildman–Crippen MR) is 111 cm³/mol. The third-order valence-electron chi connectivity index (χ3n) is 5.90. The maximum Gasteiger partial charge on any atom is 0.252 e. The summed E-state index contributed by atoms with van der Waals surface area (Å²) < 4.78 is 1.95. The van der Waals surface area contributed by atoms with Gasteiger partial charge in [-0.15, -0.1) is 11.3 Å². The number of carbonyl (C=O) groups is 1. The maximum absolute atomic E-state index is 12.7. The number of aromatic nitrogens is 3. The highest BCUT2D eigenvalue weighted by Crippen LogP contribution is 2.30. The Kier molecular flexibility index (Phi) is 4.86. The Hall–Kier alpha value is -2.25. The monoisotopic (exact) mass is 395 g/mol. The largest absolute Gasteiger partial charge is 0.350 e. The first kappa shape index (κ1) is 17.8. The number of hydrogen-bond donors (Lipinski definition) is 2. The molecule has 7 heteroatoms. The normalized spacial score (nSPS) is 19.1. The fourth-order valence-corrected chi connectivity index (χ4v) is 5.56. The van der Waals surface area contributed by atoms with Crippen molar-refractivity contribution >= 4 is 28.3 Å². The average Bonchev–Trinajstić information content (AvgIpc) is 3.46. The molecule has 3 aromatic rings. The summed E-state index contributed by atoms with van der Waals surface area (Å²) in [6.45, 7) is 3.20. The summed E-state index contributed by atoms with van der Waals surface area (Å²) in [4.78, 5) is 18.6. The summed E-state index contributed by atoms with van der Waals surface area (Å²) in [6.07, 6.45) is 7.51. The molecule has 0 unspecified atom stereocenters. The molecule has 146 valence electrons. The van der Waals surface area contributed by atoms with Gasteiger partial charge in [0.2, 0.25) is 0 Å². The quantitative estimate of drug-likeness (QED) is 0.697. The summed E-state index contributed by atoms with van der Waals surface area (Å²) in [6, 6.07) is 4.08. The van der Waals surface area contributed by atoms with E-state index in [2.05, 4.69) is 21.7 Å². The van der Waals surface area contributed by atoms with Crippen LogP contribution in [0.1, 0.15) is 51.7 Å². The minimum Gasteiger partial charge on any atom is -0.350 e. The van der Waals surface area contributed by atoms with Crippen LogP contribution in [-0.4, -0.2) is 40.3 Å². The molecule has 1 atom stereocenters. The van der Waals surface area contributed by atoms with Gasteiger partial charge in [0.05, 0.1) is 17.8 Å². The second-order valence-corrected chi connectivity index (χ2v) is 8.65. The van der Waals surface area contributed by atoms with Crippen LogP contribution in [0.5, 0.6) is 0 Å². The van der Waals surface area contributed by atoms with E-state index in [1.54, 1.807) is 11.3 Å². The van der Waals surface area contributed by atoms with E-state index in [4.69, 9.17) is 5.10 Å². The van der Waals surface area contributed by atoms with Crippen LogP contribution in [0.25, 0.3) is 11.0 Å². The molecule has 6 nitrogen and oxygen atoms in total. The Morgan fingerprint density at radius 2 is 2.29 bits per heavy atom. The first-order chi connectivity index (χ1) is 13.8. The Bertz CT molecular complexity index is 1000. The molecule has 4 heterocycles. The average molecular weight is 396 g/mol. The van der Waals surface area contributed by atoms with Crippen LogP contribution in [0.3, 0.4) is 0 Å². The summed E-state index contributed by atoms with van der Waals surface area (Å²) >= 11 is 1.74. The number of nitrogens with one attached hydrogen (secondary N) is 2. The molecule has 1 amide bonds. The summed E-state index contributed by atoms with van der Waals surface area (Å²) in [7, 11) is 0. The van der Waals surface area contributed by atoms with Crippen LogP contribution in [0.15, 0.2) is 23.7 Å². The van der Waals surface area contributed by atoms with E-state index in [1.807, 2.05) is 22.3 Å². The van der Waals surface area contributed by atoms with Gasteiger partial charge >= 0.3 is 0 Å². The van der Waals surface area contributed by atoms with Crippen molar-refractivity contribution in [3.63, 3.8) is 0 Å². The van der Waals surface area contributed by atoms with Crippen molar-refractivity contribution in [3.05, 3.63) is 45.4 Å². The lowest BCUT2D eigenvalue weighted by atomic mass is 9.96. The minimum absolute atomic E-state index is 0.0454. The number of thiophene rings is 1. The summed E-state index contributed by atoms with van der Waals surface area (Å²) in [5.74, 6) is 0.490. The molecule has 0 saturated carbocycles. The molecule has 1 fully saturated rings. The number of nitrogens with zero attached hydrogens (tertiary/aromatic N) is 3. The number of aryl methyl sites for hydroxylation is 1. The number of hydrogen-bond acceptors (Lipinski definition) is 5. The fraction of sp³-hybridized carbons (Fsp3) is 0.476. The highest BCUT2D eigenvalue weighted by atomic mass is 32.1. The zero-order chi connectivity index (χ0) is 18.9. The second-order valence-electron chi connectivity index (χ2n) is 7.69. The zero-order valence-electron chi connectivity index (χ0n) is 15.9. The molecule has 0 aromatic carbocycles. The van der Waals surface area contributed by atoms with Crippen LogP contribution < -0.4 is 10.6 Å². The van der Waals surface area contributed by atoms with E-state index in [1.165, 1.54) is 23.3 Å². The van der Waals surface area contributed by atoms with Gasteiger partial charge in [-0.25, -0.2) is 9.67 Å². The van der Waals surface area contributed by atoms with Gasteiger partial charge in [0, 0.05) is 40.8 Å². The van der Waals surface area contributed by atoms with E-state index in [0.29, 0.717) is 19.0 Å². The van der Waals surface area contributed by atoms with Crippen LogP contribution in [0.4, 0.5) is 0 Å². The molecule has 0 radical (unpaired) electrons. The molecule has 1 saturated heterocycles. The molecule has 3 aromatic heterocycles. The Labute approximate surface area is 168 Å². The second kappa shape index (κ2) is 7.64. The predicted octanol–water partition coefficient (Wildman–Crippen LogP) is 2.88. The van der Waals surface area contributed by atoms with Gasteiger partial charge in [0.15, 0.2) is 5.65 Å². The Balaban J connectivity index is 1.30. The number of rotatable bonds is 5. The van der Waals surface area contributed by atoms with Crippen molar-refractivity contribution in [2.45, 2.75) is 44.6 Å². The van der Waals surface area contributed by atoms with Gasteiger partial charge in [0.1, 0.15) is 0 Å². The van der Waals surface area contributed by atoms with E-state index >= 15 is 0 Å². The third-order valence-corrected chi connectivity index (χ3v) is 6.99. The summed E-state index contributed by atoms with van der Waals surface area (Å²) in [5, 5.41) is 14.5. The zero-order valence-corrected chi connectivity index (χ0v) is 16.7. The van der Waals surface area contributed by atoms with Crippen LogP contribution >= 0.6 is 11.3 Å². The maximum atomic E-state index is 12.7. The van der Waals surface area contributed by atoms with Crippen molar-refractivity contribution in [1.82, 2.24) is 25.4 Å². The van der Waals surface area contributed by atoms with Crippen LogP contribution in [-0.2, 0) is 19.4 Å². The first-order valence-electron chi connectivity index (χ1n) is 10.2. The SMILES string of the molecule is O=C(NCCn1nc([C@@H]2CCNC2)c2cccnc21)c1csc2c1CCCC2. The topological polar surface area (TPSA) is 71.8 Å². The number of pyridine rings is 1. The molecule has 1 aliphatic heterocycles. The van der Waals surface area contributed by atoms with E-state index in [-0.39, 0.29) is 5.91 Å². The highest BCUT2D eigenvalue weighted by Gasteiger charge is 2.24. The van der Waals surface area contributed by atoms with Crippen molar-refractivity contribution in [2.75, 3.05) is 19.6 Å². The molecule has 0 bridgehead atoms. The lowest BCUT2D eigenvalue weighted by Crippen LogP contribution is -2.28. The van der Waals surface area contributed by atoms with Crippen molar-refractivity contribution in [1.29, 1.82) is 0 Å². The molecular weight excluding hydrogens is 370 g/mol. The van der Waals surface area contributed by atoms with Gasteiger partial charge in [-0.3, -0.25) is 4.79 Å². The van der Waals surface area contributed by atoms with Gasteiger partial charge in [0.25, 0.3) is 5.91 Å². The number of carbonyl (C=O) groups excluding carboxylic acids is 1. The molecule has 0 spiro atoms. The van der Waals surface area contributed by atoms with Gasteiger partial charge in [-0.1, -0.05) is 0 Å². The standard InChI is InChI=1S/C21H25N5OS/c27-21(17-13-28-18-6-2-1-4-15(17)18)24-10-11-26-20-16(5-3-8-23-20)19(25-26)14-7-9-22-12-14/h3,5,8,13-14,22H,1-2,4,6-7,9-12H2,(H,24,27)/t14-/m1/s1. The lowest BCUT2D eigenvalue weighted by molar-refractivity contribution is 0.0951. The third kappa shape index (κ3) is 3.22. The van der Waals surface area contributed by atoms with Gasteiger partial charge in [-0.05, 0) is 56.3 Å². The molecular formula is C21H25N5OS. The first-order valence-corrected chi connectivity index (χ1v) is 11.1. The van der Waals surface area contributed by atoms with Crippen molar-refractivity contribution in [2.24, 2.45) is 0 Å². The van der Waals surface area contributed by atoms with Gasteiger partial charge < -0.3 is 10.6 Å². The van der Waals surface area contributed by atoms with E-state index in [9.17, 15) is 4.79 Å². The van der Waals surface area contributed by atoms with Crippen molar-refractivity contribution < 1.29 is 4.79 Å². The summed E-state index contributed by atoms with van der Waals surface area (Å²) in [5.41, 5.74) is 4.19. The highest BCUT2D eigenvalue weighted by molar-refractivity contribution is 7.10. The molecule has 28 heavy (non-hydrogen) atoms. The van der Waals surface area contributed by atoms with Crippen LogP contribution in [0.2, 0.25) is 0 Å². The lowest BCUT2D eigenvalue weighted by Gasteiger charge is -2.12. The molecule has 5 rings (SSSR count). The van der Waals surface area contributed by atoms with Gasteiger partial charge in [-0.2, -0.15) is 5.10 Å². The van der Waals surface area contributed by atoms with E-state index in [0.717, 1.165) is 54.6 Å². The molecule has 1 aliphatic carbocycles. The molecule has 2 N–H and O–H groups in total. The fourth-order valence-electron chi connectivity index (χ4n) is 4.43. The Morgan fingerprint density at radius 1 is 1.36 bits per heavy atom. The van der Waals surface area contributed by atoms with E-state index < -0.39 is 0 Å². The minimum atomic E-state index is 0.0454.